The lowest BCUT2D eigenvalue weighted by Crippen LogP contribution is -2.73. The molecule has 2 aliphatic heterocycles. The fourth-order valence-electron chi connectivity index (χ4n) is 8.42. The summed E-state index contributed by atoms with van der Waals surface area (Å²) in [6.07, 6.45) is 7.47. The number of nitrogens with zero attached hydrogens (tertiary/aromatic N) is 1. The molecule has 7 rings (SSSR count). The van der Waals surface area contributed by atoms with Gasteiger partial charge >= 0.3 is 0 Å². The number of ether oxygens (including phenoxy) is 3. The van der Waals surface area contributed by atoms with Gasteiger partial charge in [-0.15, -0.1) is 0 Å². The molecule has 5 atom stereocenters. The Bertz CT molecular complexity index is 878. The van der Waals surface area contributed by atoms with Crippen LogP contribution in [0.4, 0.5) is 0 Å². The third-order valence-electron chi connectivity index (χ3n) is 9.79. The summed E-state index contributed by atoms with van der Waals surface area (Å²) in [7, 11) is 1.77. The van der Waals surface area contributed by atoms with Crippen LogP contribution in [0.15, 0.2) is 18.2 Å². The molecule has 3 saturated carbocycles. The highest BCUT2D eigenvalue weighted by Gasteiger charge is 2.74. The first-order valence-corrected chi connectivity index (χ1v) is 12.0. The van der Waals surface area contributed by atoms with Crippen LogP contribution in [0.2, 0.25) is 0 Å². The van der Waals surface area contributed by atoms with Crippen LogP contribution in [0.3, 0.4) is 0 Å². The zero-order valence-corrected chi connectivity index (χ0v) is 17.9. The first-order chi connectivity index (χ1) is 14.6. The van der Waals surface area contributed by atoms with E-state index >= 15 is 0 Å². The van der Waals surface area contributed by atoms with Gasteiger partial charge < -0.3 is 19.3 Å². The van der Waals surface area contributed by atoms with Crippen molar-refractivity contribution in [2.45, 2.75) is 68.3 Å². The molecule has 1 aromatic carbocycles. The van der Waals surface area contributed by atoms with E-state index in [1.807, 2.05) is 0 Å². The van der Waals surface area contributed by atoms with Gasteiger partial charge in [-0.2, -0.15) is 0 Å². The van der Waals surface area contributed by atoms with Gasteiger partial charge in [-0.1, -0.05) is 6.07 Å². The highest BCUT2D eigenvalue weighted by atomic mass is 16.7. The van der Waals surface area contributed by atoms with Crippen molar-refractivity contribution >= 4 is 0 Å². The molecule has 5 nitrogen and oxygen atoms in total. The molecule has 30 heavy (non-hydrogen) atoms. The second kappa shape index (κ2) is 6.00. The van der Waals surface area contributed by atoms with Crippen LogP contribution in [0.25, 0.3) is 0 Å². The second-order valence-electron chi connectivity index (χ2n) is 10.9. The van der Waals surface area contributed by atoms with Crippen LogP contribution in [0.1, 0.15) is 49.7 Å². The molecule has 4 aliphatic carbocycles. The lowest BCUT2D eigenvalue weighted by molar-refractivity contribution is -0.299. The van der Waals surface area contributed by atoms with Gasteiger partial charge in [0.2, 0.25) is 0 Å². The summed E-state index contributed by atoms with van der Waals surface area (Å²) in [5.74, 6) is 1.31. The fourth-order valence-corrected chi connectivity index (χ4v) is 8.42. The van der Waals surface area contributed by atoms with Crippen molar-refractivity contribution in [2.24, 2.45) is 17.3 Å². The molecular formula is C25H33NO4. The molecule has 2 saturated heterocycles. The number of hydrogen-bond donors (Lipinski definition) is 1. The summed E-state index contributed by atoms with van der Waals surface area (Å²) >= 11 is 0. The zero-order valence-electron chi connectivity index (χ0n) is 17.9. The Kier molecular flexibility index (Phi) is 3.69. The molecule has 0 radical (unpaired) electrons. The van der Waals surface area contributed by atoms with E-state index in [0.29, 0.717) is 19.3 Å². The van der Waals surface area contributed by atoms with Crippen LogP contribution in [0, 0.1) is 17.3 Å². The van der Waals surface area contributed by atoms with Gasteiger partial charge in [-0.05, 0) is 74.2 Å². The summed E-state index contributed by atoms with van der Waals surface area (Å²) in [6, 6.07) is 7.20. The Morgan fingerprint density at radius 3 is 2.83 bits per heavy atom. The van der Waals surface area contributed by atoms with Crippen LogP contribution >= 0.6 is 0 Å². The third kappa shape index (κ3) is 2.18. The predicted octanol–water partition coefficient (Wildman–Crippen LogP) is 2.88. The lowest BCUT2D eigenvalue weighted by atomic mass is 9.43. The summed E-state index contributed by atoms with van der Waals surface area (Å²) < 4.78 is 18.4. The molecule has 2 heterocycles. The summed E-state index contributed by atoms with van der Waals surface area (Å²) in [6.45, 7) is 3.63. The largest absolute Gasteiger partial charge is 0.497 e. The molecule has 0 aromatic heterocycles. The SMILES string of the molecule is COc1ccc2c(c1)[C@]13CCN(CC4CC4)[C@@H]4C[C@H](O)[C@@H](C[C@]41C2)C1(C3)OCCO1. The van der Waals surface area contributed by atoms with E-state index in [1.54, 1.807) is 7.11 Å². The number of hydrogen-bond acceptors (Lipinski definition) is 5. The Morgan fingerprint density at radius 1 is 1.23 bits per heavy atom. The van der Waals surface area contributed by atoms with Crippen molar-refractivity contribution in [3.63, 3.8) is 0 Å². The molecular weight excluding hydrogens is 378 g/mol. The maximum Gasteiger partial charge on any atom is 0.174 e. The van der Waals surface area contributed by atoms with Gasteiger partial charge in [-0.3, -0.25) is 4.90 Å². The van der Waals surface area contributed by atoms with Crippen molar-refractivity contribution in [1.82, 2.24) is 4.90 Å². The number of piperidine rings is 1. The quantitative estimate of drug-likeness (QED) is 0.829. The van der Waals surface area contributed by atoms with Crippen LogP contribution in [0.5, 0.6) is 5.75 Å². The Hall–Kier alpha value is -1.14. The predicted molar refractivity (Wildman–Crippen MR) is 111 cm³/mol. The number of likely N-dealkylation sites (tertiary alicyclic amines) is 1. The molecule has 2 spiro atoms. The third-order valence-corrected chi connectivity index (χ3v) is 9.79. The van der Waals surface area contributed by atoms with Gasteiger partial charge in [0.25, 0.3) is 0 Å². The minimum Gasteiger partial charge on any atom is -0.497 e. The molecule has 0 amide bonds. The minimum atomic E-state index is -0.614. The Morgan fingerprint density at radius 2 is 2.07 bits per heavy atom. The molecule has 6 aliphatic rings. The number of aliphatic hydroxyl groups is 1. The molecule has 162 valence electrons. The summed E-state index contributed by atoms with van der Waals surface area (Å²) in [5, 5.41) is 11.3. The minimum absolute atomic E-state index is 0.0581. The summed E-state index contributed by atoms with van der Waals surface area (Å²) in [4.78, 5) is 2.77. The number of methoxy groups -OCH3 is 1. The smallest absolute Gasteiger partial charge is 0.174 e. The normalized spacial score (nSPS) is 43.5. The van der Waals surface area contributed by atoms with E-state index in [-0.39, 0.29) is 22.9 Å². The van der Waals surface area contributed by atoms with Crippen molar-refractivity contribution in [3.05, 3.63) is 29.3 Å². The fraction of sp³-hybridized carbons (Fsp3) is 0.760. The first-order valence-electron chi connectivity index (χ1n) is 12.0. The highest BCUT2D eigenvalue weighted by Crippen LogP contribution is 2.72. The molecule has 5 fully saturated rings. The van der Waals surface area contributed by atoms with Crippen molar-refractivity contribution in [2.75, 3.05) is 33.4 Å². The van der Waals surface area contributed by atoms with Crippen LogP contribution in [-0.4, -0.2) is 61.4 Å². The van der Waals surface area contributed by atoms with E-state index in [2.05, 4.69) is 23.1 Å². The first kappa shape index (κ1) is 18.4. The summed E-state index contributed by atoms with van der Waals surface area (Å²) in [5.41, 5.74) is 3.20. The molecule has 1 N–H and O–H groups in total. The van der Waals surface area contributed by atoms with E-state index < -0.39 is 5.79 Å². The van der Waals surface area contributed by atoms with Crippen LogP contribution < -0.4 is 4.74 Å². The Labute approximate surface area is 178 Å². The van der Waals surface area contributed by atoms with Crippen molar-refractivity contribution in [1.29, 1.82) is 0 Å². The number of benzene rings is 1. The average Bonchev–Trinajstić information content (AvgIpc) is 3.38. The van der Waals surface area contributed by atoms with Gasteiger partial charge in [0.05, 0.1) is 26.4 Å². The lowest BCUT2D eigenvalue weighted by Gasteiger charge is -2.68. The Balaban J connectivity index is 1.40. The second-order valence-corrected chi connectivity index (χ2v) is 10.9. The van der Waals surface area contributed by atoms with Gasteiger partial charge in [0, 0.05) is 35.8 Å². The van der Waals surface area contributed by atoms with Gasteiger partial charge in [0.15, 0.2) is 5.79 Å². The van der Waals surface area contributed by atoms with E-state index in [0.717, 1.165) is 50.3 Å². The van der Waals surface area contributed by atoms with Gasteiger partial charge in [0.1, 0.15) is 5.75 Å². The maximum atomic E-state index is 11.3. The van der Waals surface area contributed by atoms with E-state index in [1.165, 1.54) is 30.5 Å². The number of aliphatic hydroxyl groups excluding tert-OH is 1. The zero-order chi connectivity index (χ0) is 20.1. The van der Waals surface area contributed by atoms with E-state index in [9.17, 15) is 5.11 Å². The van der Waals surface area contributed by atoms with Crippen LogP contribution in [-0.2, 0) is 21.3 Å². The topological polar surface area (TPSA) is 51.2 Å². The van der Waals surface area contributed by atoms with Crippen molar-refractivity contribution < 1.29 is 19.3 Å². The highest BCUT2D eigenvalue weighted by molar-refractivity contribution is 5.51. The standard InChI is InChI=1S/C25H33NO4/c1-28-18-5-4-17-12-24-13-20-21(27)11-22(24)26(14-16-2-3-16)7-6-23(24,19(17)10-18)15-25(20)29-8-9-30-25/h4-5,10,16,20-22,27H,2-3,6-9,11-15H2,1H3/t20-,21+,22-,23-,24-/m1/s1. The molecule has 1 aromatic rings. The van der Waals surface area contributed by atoms with E-state index in [4.69, 9.17) is 14.2 Å². The number of fused-ring (bicyclic) bond motifs is 3. The van der Waals surface area contributed by atoms with Crippen molar-refractivity contribution in [3.8, 4) is 5.75 Å². The van der Waals surface area contributed by atoms with Gasteiger partial charge in [-0.25, -0.2) is 0 Å². The average molecular weight is 412 g/mol. The monoisotopic (exact) mass is 411 g/mol. The maximum absolute atomic E-state index is 11.3. The molecule has 0 unspecified atom stereocenters. The number of rotatable bonds is 3. The molecule has 2 bridgehead atoms. The molecule has 5 heteroatoms.